The first kappa shape index (κ1) is 15.0. The lowest BCUT2D eigenvalue weighted by Crippen LogP contribution is -2.36. The summed E-state index contributed by atoms with van der Waals surface area (Å²) in [6, 6.07) is -0.118. The van der Waals surface area contributed by atoms with Gasteiger partial charge in [-0.05, 0) is 38.3 Å². The van der Waals surface area contributed by atoms with Crippen LogP contribution in [0.25, 0.3) is 0 Å². The highest BCUT2D eigenvalue weighted by Gasteiger charge is 2.20. The summed E-state index contributed by atoms with van der Waals surface area (Å²) in [5.74, 6) is 2.32. The van der Waals surface area contributed by atoms with Crippen LogP contribution in [0.4, 0.5) is 0 Å². The molecule has 0 radical (unpaired) electrons. The third-order valence-electron chi connectivity index (χ3n) is 4.96. The first-order valence-corrected chi connectivity index (χ1v) is 8.61. The van der Waals surface area contributed by atoms with Crippen LogP contribution >= 0.6 is 0 Å². The Morgan fingerprint density at radius 1 is 1.14 bits per heavy atom. The Morgan fingerprint density at radius 2 is 1.90 bits per heavy atom. The third-order valence-corrected chi connectivity index (χ3v) is 4.96. The molecule has 0 bridgehead atoms. The highest BCUT2D eigenvalue weighted by atomic mass is 16.5. The van der Waals surface area contributed by atoms with Crippen molar-refractivity contribution in [1.29, 1.82) is 0 Å². The van der Waals surface area contributed by atoms with Gasteiger partial charge in [0, 0.05) is 13.0 Å². The lowest BCUT2D eigenvalue weighted by atomic mass is 10.0. The fourth-order valence-electron chi connectivity index (χ4n) is 3.65. The highest BCUT2D eigenvalue weighted by Crippen LogP contribution is 2.28. The molecule has 1 unspecified atom stereocenters. The smallest absolute Gasteiger partial charge is 0.226 e. The average molecular weight is 292 g/mol. The molecule has 1 aliphatic heterocycles. The van der Waals surface area contributed by atoms with Crippen molar-refractivity contribution in [3.05, 3.63) is 11.7 Å². The van der Waals surface area contributed by atoms with E-state index in [1.807, 2.05) is 0 Å². The molecule has 1 aromatic rings. The quantitative estimate of drug-likeness (QED) is 0.873. The van der Waals surface area contributed by atoms with Crippen LogP contribution in [-0.2, 0) is 6.42 Å². The summed E-state index contributed by atoms with van der Waals surface area (Å²) in [5, 5.41) is 4.09. The molecular weight excluding hydrogens is 264 g/mol. The number of aromatic nitrogens is 2. The number of rotatable bonds is 6. The zero-order valence-corrected chi connectivity index (χ0v) is 13.0. The molecule has 2 N–H and O–H groups in total. The Labute approximate surface area is 127 Å². The molecule has 0 aromatic carbocycles. The first-order valence-electron chi connectivity index (χ1n) is 8.61. The van der Waals surface area contributed by atoms with E-state index in [0.717, 1.165) is 37.9 Å². The number of hydrogen-bond acceptors (Lipinski definition) is 5. The van der Waals surface area contributed by atoms with Crippen molar-refractivity contribution < 1.29 is 4.52 Å². The normalized spacial score (nSPS) is 22.7. The number of nitrogens with two attached hydrogens (primary N) is 1. The van der Waals surface area contributed by atoms with Crippen LogP contribution in [0.1, 0.15) is 69.1 Å². The Hall–Kier alpha value is -0.940. The van der Waals surface area contributed by atoms with Crippen molar-refractivity contribution in [2.75, 3.05) is 19.6 Å². The van der Waals surface area contributed by atoms with E-state index in [2.05, 4.69) is 15.0 Å². The van der Waals surface area contributed by atoms with Crippen molar-refractivity contribution in [1.82, 2.24) is 15.0 Å². The number of aryl methyl sites for hydroxylation is 1. The largest absolute Gasteiger partial charge is 0.339 e. The van der Waals surface area contributed by atoms with Crippen LogP contribution in [-0.4, -0.2) is 34.7 Å². The molecule has 3 rings (SSSR count). The first-order chi connectivity index (χ1) is 10.3. The summed E-state index contributed by atoms with van der Waals surface area (Å²) in [6.45, 7) is 3.15. The lowest BCUT2D eigenvalue weighted by molar-refractivity contribution is 0.213. The lowest BCUT2D eigenvalue weighted by Gasteiger charge is -2.27. The zero-order chi connectivity index (χ0) is 14.5. The van der Waals surface area contributed by atoms with Gasteiger partial charge in [-0.3, -0.25) is 0 Å². The van der Waals surface area contributed by atoms with Gasteiger partial charge < -0.3 is 15.2 Å². The molecule has 2 aliphatic rings. The Kier molecular flexibility index (Phi) is 5.25. The summed E-state index contributed by atoms with van der Waals surface area (Å²) in [7, 11) is 0. The van der Waals surface area contributed by atoms with Gasteiger partial charge in [-0.15, -0.1) is 0 Å². The number of nitrogens with zero attached hydrogens (tertiary/aromatic N) is 3. The monoisotopic (exact) mass is 292 g/mol. The van der Waals surface area contributed by atoms with Gasteiger partial charge in [0.25, 0.3) is 0 Å². The average Bonchev–Trinajstić information content (AvgIpc) is 3.18. The van der Waals surface area contributed by atoms with E-state index in [1.54, 1.807) is 0 Å². The Bertz CT molecular complexity index is 422. The standard InChI is InChI=1S/C16H28N4O/c17-14(12-20-10-4-1-5-11-20)16-18-15(21-19-16)9-8-13-6-2-3-7-13/h13-14H,1-12,17H2. The topological polar surface area (TPSA) is 68.2 Å². The predicted molar refractivity (Wildman–Crippen MR) is 81.8 cm³/mol. The second-order valence-electron chi connectivity index (χ2n) is 6.70. The van der Waals surface area contributed by atoms with Crippen molar-refractivity contribution in [3.63, 3.8) is 0 Å². The van der Waals surface area contributed by atoms with Crippen LogP contribution < -0.4 is 5.73 Å². The molecule has 21 heavy (non-hydrogen) atoms. The Balaban J connectivity index is 1.46. The SMILES string of the molecule is NC(CN1CCCCC1)c1noc(CCC2CCCC2)n1. The molecule has 5 nitrogen and oxygen atoms in total. The molecule has 1 aliphatic carbocycles. The van der Waals surface area contributed by atoms with Gasteiger partial charge in [-0.2, -0.15) is 4.98 Å². The third kappa shape index (κ3) is 4.27. The molecular formula is C16H28N4O. The van der Waals surface area contributed by atoms with E-state index in [-0.39, 0.29) is 6.04 Å². The van der Waals surface area contributed by atoms with E-state index < -0.39 is 0 Å². The summed E-state index contributed by atoms with van der Waals surface area (Å²) in [5.41, 5.74) is 6.23. The van der Waals surface area contributed by atoms with Gasteiger partial charge in [0.15, 0.2) is 5.82 Å². The van der Waals surface area contributed by atoms with Gasteiger partial charge >= 0.3 is 0 Å². The molecule has 0 amide bonds. The number of likely N-dealkylation sites (tertiary alicyclic amines) is 1. The second-order valence-corrected chi connectivity index (χ2v) is 6.70. The van der Waals surface area contributed by atoms with Gasteiger partial charge in [0.05, 0.1) is 6.04 Å². The molecule has 1 saturated carbocycles. The summed E-state index contributed by atoms with van der Waals surface area (Å²) in [6.07, 6.45) is 11.5. The van der Waals surface area contributed by atoms with Crippen molar-refractivity contribution in [3.8, 4) is 0 Å². The minimum Gasteiger partial charge on any atom is -0.339 e. The molecule has 0 spiro atoms. The van der Waals surface area contributed by atoms with Crippen molar-refractivity contribution >= 4 is 0 Å². The maximum absolute atomic E-state index is 6.23. The van der Waals surface area contributed by atoms with E-state index in [1.165, 1.54) is 51.4 Å². The van der Waals surface area contributed by atoms with Crippen LogP contribution in [0, 0.1) is 5.92 Å². The maximum Gasteiger partial charge on any atom is 0.226 e. The summed E-state index contributed by atoms with van der Waals surface area (Å²) >= 11 is 0. The van der Waals surface area contributed by atoms with E-state index in [4.69, 9.17) is 10.3 Å². The fraction of sp³-hybridized carbons (Fsp3) is 0.875. The summed E-state index contributed by atoms with van der Waals surface area (Å²) in [4.78, 5) is 6.93. The van der Waals surface area contributed by atoms with E-state index >= 15 is 0 Å². The van der Waals surface area contributed by atoms with E-state index in [0.29, 0.717) is 5.82 Å². The van der Waals surface area contributed by atoms with Gasteiger partial charge in [-0.25, -0.2) is 0 Å². The van der Waals surface area contributed by atoms with Crippen LogP contribution in [0.2, 0.25) is 0 Å². The highest BCUT2D eigenvalue weighted by molar-refractivity contribution is 4.95. The molecule has 1 saturated heterocycles. The van der Waals surface area contributed by atoms with Crippen molar-refractivity contribution in [2.24, 2.45) is 11.7 Å². The van der Waals surface area contributed by atoms with Crippen LogP contribution in [0.3, 0.4) is 0 Å². The molecule has 2 fully saturated rings. The van der Waals surface area contributed by atoms with Gasteiger partial charge in [0.1, 0.15) is 0 Å². The van der Waals surface area contributed by atoms with Gasteiger partial charge in [-0.1, -0.05) is 37.3 Å². The predicted octanol–water partition coefficient (Wildman–Crippen LogP) is 2.68. The van der Waals surface area contributed by atoms with E-state index in [9.17, 15) is 0 Å². The molecule has 5 heteroatoms. The fourth-order valence-corrected chi connectivity index (χ4v) is 3.65. The molecule has 1 aromatic heterocycles. The minimum atomic E-state index is -0.118. The van der Waals surface area contributed by atoms with Crippen LogP contribution in [0.5, 0.6) is 0 Å². The van der Waals surface area contributed by atoms with Gasteiger partial charge in [0.2, 0.25) is 5.89 Å². The van der Waals surface area contributed by atoms with Crippen LogP contribution in [0.15, 0.2) is 4.52 Å². The second kappa shape index (κ2) is 7.36. The molecule has 1 atom stereocenters. The number of piperidine rings is 1. The van der Waals surface area contributed by atoms with Crippen molar-refractivity contribution in [2.45, 2.75) is 63.8 Å². The molecule has 2 heterocycles. The summed E-state index contributed by atoms with van der Waals surface area (Å²) < 4.78 is 5.38. The zero-order valence-electron chi connectivity index (χ0n) is 13.0. The minimum absolute atomic E-state index is 0.118. The number of hydrogen-bond donors (Lipinski definition) is 1. The Morgan fingerprint density at radius 3 is 2.67 bits per heavy atom. The maximum atomic E-state index is 6.23. The molecule has 118 valence electrons.